The van der Waals surface area contributed by atoms with E-state index in [-0.39, 0.29) is 24.0 Å². The summed E-state index contributed by atoms with van der Waals surface area (Å²) in [6, 6.07) is 5.61. The Labute approximate surface area is 181 Å². The molecule has 6 nitrogen and oxygen atoms in total. The summed E-state index contributed by atoms with van der Waals surface area (Å²) in [6.45, 7) is 5.05. The van der Waals surface area contributed by atoms with Gasteiger partial charge in [-0.3, -0.25) is 5.32 Å². The normalized spacial score (nSPS) is 31.6. The van der Waals surface area contributed by atoms with Crippen molar-refractivity contribution in [3.63, 3.8) is 0 Å². The molecule has 0 radical (unpaired) electrons. The highest BCUT2D eigenvalue weighted by atomic mass is 35.5. The van der Waals surface area contributed by atoms with Crippen LogP contribution in [-0.2, 0) is 0 Å². The standard InChI is InChI=1S/C19H30Cl2N6S/c1-11-18(28-13-6-3-5-12(20)15(13)21)27-16(22)17(25-11)26-14-7-4-8-19(2,23)9-10-24-14/h3,5-6,14,16-17,24-27H,4,7-10,22-23H2,1-2H3. The molecule has 9 heteroatoms. The van der Waals surface area contributed by atoms with Crippen LogP contribution >= 0.6 is 35.0 Å². The Morgan fingerprint density at radius 1 is 1.25 bits per heavy atom. The van der Waals surface area contributed by atoms with Gasteiger partial charge in [0.05, 0.1) is 21.2 Å². The number of hydrogen-bond acceptors (Lipinski definition) is 7. The molecule has 0 bridgehead atoms. The first-order valence-electron chi connectivity index (χ1n) is 9.65. The first kappa shape index (κ1) is 22.0. The molecule has 0 amide bonds. The third-order valence-electron chi connectivity index (χ3n) is 5.21. The maximum Gasteiger partial charge on any atom is 0.112 e. The zero-order valence-corrected chi connectivity index (χ0v) is 18.6. The Hall–Kier alpha value is -0.670. The molecule has 156 valence electrons. The molecule has 2 heterocycles. The van der Waals surface area contributed by atoms with E-state index in [1.54, 1.807) is 6.07 Å². The molecule has 0 spiro atoms. The number of nitrogens with two attached hydrogens (primary N) is 2. The topological polar surface area (TPSA) is 100 Å². The fourth-order valence-corrected chi connectivity index (χ4v) is 4.93. The number of rotatable bonds is 4. The fraction of sp³-hybridized carbons (Fsp3) is 0.579. The second-order valence-electron chi connectivity index (χ2n) is 7.87. The van der Waals surface area contributed by atoms with Gasteiger partial charge >= 0.3 is 0 Å². The molecule has 3 rings (SSSR count). The molecule has 28 heavy (non-hydrogen) atoms. The van der Waals surface area contributed by atoms with Crippen molar-refractivity contribution in [3.8, 4) is 0 Å². The summed E-state index contributed by atoms with van der Waals surface area (Å²) in [4.78, 5) is 0.892. The van der Waals surface area contributed by atoms with Gasteiger partial charge in [0.2, 0.25) is 0 Å². The van der Waals surface area contributed by atoms with E-state index in [1.807, 2.05) is 19.1 Å². The summed E-state index contributed by atoms with van der Waals surface area (Å²) in [5.41, 5.74) is 13.6. The van der Waals surface area contributed by atoms with Crippen molar-refractivity contribution in [2.24, 2.45) is 11.5 Å². The largest absolute Gasteiger partial charge is 0.368 e. The lowest BCUT2D eigenvalue weighted by Gasteiger charge is -2.38. The number of allylic oxidation sites excluding steroid dienone is 1. The Morgan fingerprint density at radius 2 is 2.04 bits per heavy atom. The highest BCUT2D eigenvalue weighted by Crippen LogP contribution is 2.37. The molecule has 4 atom stereocenters. The van der Waals surface area contributed by atoms with Gasteiger partial charge in [-0.25, -0.2) is 0 Å². The van der Waals surface area contributed by atoms with Crippen molar-refractivity contribution in [3.05, 3.63) is 39.0 Å². The summed E-state index contributed by atoms with van der Waals surface area (Å²) >= 11 is 14.0. The van der Waals surface area contributed by atoms with Crippen molar-refractivity contribution < 1.29 is 0 Å². The lowest BCUT2D eigenvalue weighted by molar-refractivity contribution is 0.242. The lowest BCUT2D eigenvalue weighted by atomic mass is 9.90. The average molecular weight is 445 g/mol. The quantitative estimate of drug-likeness (QED) is 0.424. The van der Waals surface area contributed by atoms with Gasteiger partial charge in [0.1, 0.15) is 12.3 Å². The van der Waals surface area contributed by atoms with Crippen molar-refractivity contribution >= 4 is 35.0 Å². The van der Waals surface area contributed by atoms with E-state index >= 15 is 0 Å². The molecule has 4 unspecified atom stereocenters. The highest BCUT2D eigenvalue weighted by Gasteiger charge is 2.29. The minimum Gasteiger partial charge on any atom is -0.368 e. The minimum atomic E-state index is -0.281. The second kappa shape index (κ2) is 9.43. The number of benzene rings is 1. The van der Waals surface area contributed by atoms with Crippen LogP contribution in [0.3, 0.4) is 0 Å². The van der Waals surface area contributed by atoms with Crippen LogP contribution in [0.25, 0.3) is 0 Å². The van der Waals surface area contributed by atoms with Gasteiger partial charge in [-0.15, -0.1) is 0 Å². The van der Waals surface area contributed by atoms with Crippen LogP contribution in [0.1, 0.15) is 39.5 Å². The van der Waals surface area contributed by atoms with Crippen LogP contribution in [0.15, 0.2) is 33.8 Å². The van der Waals surface area contributed by atoms with Crippen LogP contribution in [0.4, 0.5) is 0 Å². The van der Waals surface area contributed by atoms with E-state index in [2.05, 4.69) is 28.2 Å². The van der Waals surface area contributed by atoms with Crippen molar-refractivity contribution in [2.75, 3.05) is 6.54 Å². The predicted molar refractivity (Wildman–Crippen MR) is 119 cm³/mol. The molecule has 0 aromatic heterocycles. The summed E-state index contributed by atoms with van der Waals surface area (Å²) in [6.07, 6.45) is 3.93. The maximum absolute atomic E-state index is 6.39. The van der Waals surface area contributed by atoms with E-state index in [9.17, 15) is 0 Å². The van der Waals surface area contributed by atoms with Crippen LogP contribution in [0.2, 0.25) is 10.0 Å². The molecular weight excluding hydrogens is 415 g/mol. The molecule has 0 aliphatic carbocycles. The smallest absolute Gasteiger partial charge is 0.112 e. The van der Waals surface area contributed by atoms with Crippen molar-refractivity contribution in [1.82, 2.24) is 21.3 Å². The SMILES string of the molecule is CC1=C(Sc2cccc(Cl)c2Cl)NC(N)C(NC2CCCC(C)(N)CCN2)N1. The summed E-state index contributed by atoms with van der Waals surface area (Å²) < 4.78 is 0. The fourth-order valence-electron chi connectivity index (χ4n) is 3.48. The van der Waals surface area contributed by atoms with E-state index in [0.717, 1.165) is 47.8 Å². The van der Waals surface area contributed by atoms with Gasteiger partial charge in [0, 0.05) is 16.1 Å². The van der Waals surface area contributed by atoms with Crippen LogP contribution in [0, 0.1) is 0 Å². The van der Waals surface area contributed by atoms with E-state index in [0.29, 0.717) is 10.0 Å². The second-order valence-corrected chi connectivity index (χ2v) is 9.71. The van der Waals surface area contributed by atoms with Crippen LogP contribution in [-0.4, -0.2) is 30.6 Å². The summed E-state index contributed by atoms with van der Waals surface area (Å²) in [5.74, 6) is 0. The van der Waals surface area contributed by atoms with Crippen molar-refractivity contribution in [1.29, 1.82) is 0 Å². The van der Waals surface area contributed by atoms with Gasteiger partial charge in [-0.1, -0.05) is 41.0 Å². The van der Waals surface area contributed by atoms with E-state index in [1.165, 1.54) is 11.8 Å². The zero-order valence-electron chi connectivity index (χ0n) is 16.3. The Bertz CT molecular complexity index is 714. The highest BCUT2D eigenvalue weighted by molar-refractivity contribution is 8.03. The average Bonchev–Trinajstić information content (AvgIpc) is 2.61. The number of hydrogen-bond donors (Lipinski definition) is 6. The molecule has 1 aromatic rings. The molecule has 1 fully saturated rings. The Morgan fingerprint density at radius 3 is 2.82 bits per heavy atom. The summed E-state index contributed by atoms with van der Waals surface area (Å²) in [7, 11) is 0. The Kier molecular flexibility index (Phi) is 7.42. The third kappa shape index (κ3) is 5.69. The van der Waals surface area contributed by atoms with Gasteiger partial charge in [-0.05, 0) is 58.2 Å². The zero-order chi connectivity index (χ0) is 20.3. The van der Waals surface area contributed by atoms with Crippen molar-refractivity contribution in [2.45, 2.75) is 68.5 Å². The van der Waals surface area contributed by atoms with Crippen LogP contribution in [0.5, 0.6) is 0 Å². The molecule has 2 aliphatic rings. The number of thioether (sulfide) groups is 1. The van der Waals surface area contributed by atoms with Gasteiger partial charge < -0.3 is 27.4 Å². The molecular formula is C19H30Cl2N6S. The molecule has 1 saturated heterocycles. The molecule has 2 aliphatic heterocycles. The first-order valence-corrected chi connectivity index (χ1v) is 11.2. The first-order chi connectivity index (χ1) is 13.2. The molecule has 0 saturated carbocycles. The lowest BCUT2D eigenvalue weighted by Crippen LogP contribution is -2.66. The van der Waals surface area contributed by atoms with Crippen LogP contribution < -0.4 is 32.7 Å². The Balaban J connectivity index is 1.61. The summed E-state index contributed by atoms with van der Waals surface area (Å²) in [5, 5.41) is 16.1. The minimum absolute atomic E-state index is 0.0773. The van der Waals surface area contributed by atoms with Gasteiger partial charge in [0.15, 0.2) is 0 Å². The maximum atomic E-state index is 6.39. The van der Waals surface area contributed by atoms with E-state index in [4.69, 9.17) is 34.7 Å². The molecule has 8 N–H and O–H groups in total. The van der Waals surface area contributed by atoms with E-state index < -0.39 is 0 Å². The number of nitrogens with one attached hydrogen (secondary N) is 4. The third-order valence-corrected chi connectivity index (χ3v) is 7.33. The number of halogens is 2. The van der Waals surface area contributed by atoms with Gasteiger partial charge in [0.25, 0.3) is 0 Å². The van der Waals surface area contributed by atoms with Gasteiger partial charge in [-0.2, -0.15) is 0 Å². The molecule has 1 aromatic carbocycles. The predicted octanol–water partition coefficient (Wildman–Crippen LogP) is 2.87. The monoisotopic (exact) mass is 444 g/mol.